The van der Waals surface area contributed by atoms with Crippen LogP contribution in [0, 0.1) is 0 Å². The number of fused-ring (bicyclic) bond motifs is 1. The summed E-state index contributed by atoms with van der Waals surface area (Å²) in [4.78, 5) is 0. The molecule has 0 bridgehead atoms. The molecule has 2 rings (SSSR count). The van der Waals surface area contributed by atoms with E-state index >= 15 is 0 Å². The van der Waals surface area contributed by atoms with Gasteiger partial charge in [-0.2, -0.15) is 0 Å². The Balaban J connectivity index is 2.22. The zero-order valence-electron chi connectivity index (χ0n) is 8.52. The van der Waals surface area contributed by atoms with Gasteiger partial charge in [-0.3, -0.25) is 0 Å². The summed E-state index contributed by atoms with van der Waals surface area (Å²) in [5.41, 5.74) is 0.837. The first-order valence-electron chi connectivity index (χ1n) is 4.47. The van der Waals surface area contributed by atoms with Gasteiger partial charge in [-0.05, 0) is 6.08 Å². The third kappa shape index (κ3) is 1.40. The van der Waals surface area contributed by atoms with Gasteiger partial charge in [-0.25, -0.2) is 0 Å². The number of methoxy groups -OCH3 is 3. The lowest BCUT2D eigenvalue weighted by atomic mass is 10.1. The molecule has 0 aromatic rings. The summed E-state index contributed by atoms with van der Waals surface area (Å²) in [5.74, 6) is -1.10. The highest BCUT2D eigenvalue weighted by atomic mass is 16.9. The van der Waals surface area contributed by atoms with E-state index in [0.29, 0.717) is 0 Å². The van der Waals surface area contributed by atoms with E-state index in [1.165, 1.54) is 0 Å². The largest absolute Gasteiger partial charge is 0.361 e. The lowest BCUT2D eigenvalue weighted by Gasteiger charge is -2.30. The normalized spacial score (nSPS) is 29.8. The van der Waals surface area contributed by atoms with Crippen molar-refractivity contribution < 1.29 is 18.9 Å². The number of epoxide rings is 1. The summed E-state index contributed by atoms with van der Waals surface area (Å²) in [6.45, 7) is 0. The Hall–Kier alpha value is -0.680. The summed E-state index contributed by atoms with van der Waals surface area (Å²) in [7, 11) is 4.63. The monoisotopic (exact) mass is 198 g/mol. The molecule has 4 nitrogen and oxygen atoms in total. The smallest absolute Gasteiger partial charge is 0.310 e. The predicted molar refractivity (Wildman–Crippen MR) is 49.6 cm³/mol. The van der Waals surface area contributed by atoms with Crippen LogP contribution in [0.1, 0.15) is 0 Å². The minimum Gasteiger partial charge on any atom is -0.361 e. The van der Waals surface area contributed by atoms with Crippen molar-refractivity contribution in [2.24, 2.45) is 0 Å². The fourth-order valence-electron chi connectivity index (χ4n) is 1.66. The van der Waals surface area contributed by atoms with Crippen LogP contribution in [0.2, 0.25) is 0 Å². The Morgan fingerprint density at radius 2 is 1.79 bits per heavy atom. The summed E-state index contributed by atoms with van der Waals surface area (Å²) in [5, 5.41) is 0. The van der Waals surface area contributed by atoms with Crippen LogP contribution in [0.15, 0.2) is 23.8 Å². The van der Waals surface area contributed by atoms with E-state index in [1.54, 1.807) is 21.3 Å². The molecular weight excluding hydrogens is 184 g/mol. The van der Waals surface area contributed by atoms with E-state index in [2.05, 4.69) is 0 Å². The SMILES string of the molecule is COC(OC)(OC)C1=C[C@H]2O[C@H]2C=C1. The second-order valence-electron chi connectivity index (χ2n) is 3.21. The lowest BCUT2D eigenvalue weighted by Crippen LogP contribution is -2.38. The van der Waals surface area contributed by atoms with E-state index in [9.17, 15) is 0 Å². The molecule has 0 aromatic heterocycles. The van der Waals surface area contributed by atoms with Crippen molar-refractivity contribution >= 4 is 0 Å². The highest BCUT2D eigenvalue weighted by molar-refractivity contribution is 5.35. The second-order valence-corrected chi connectivity index (χ2v) is 3.21. The van der Waals surface area contributed by atoms with Crippen LogP contribution in [0.3, 0.4) is 0 Å². The molecule has 0 N–H and O–H groups in total. The molecule has 78 valence electrons. The Morgan fingerprint density at radius 1 is 1.14 bits per heavy atom. The molecule has 2 aliphatic rings. The third-order valence-corrected chi connectivity index (χ3v) is 2.53. The van der Waals surface area contributed by atoms with E-state index in [0.717, 1.165) is 5.57 Å². The van der Waals surface area contributed by atoms with E-state index < -0.39 is 5.97 Å². The average Bonchev–Trinajstić information content (AvgIpc) is 2.99. The Kier molecular flexibility index (Phi) is 2.45. The molecule has 2 atom stereocenters. The van der Waals surface area contributed by atoms with Gasteiger partial charge in [-0.1, -0.05) is 12.2 Å². The molecule has 0 spiro atoms. The van der Waals surface area contributed by atoms with Gasteiger partial charge in [0.25, 0.3) is 0 Å². The maximum absolute atomic E-state index is 5.31. The predicted octanol–water partition coefficient (Wildman–Crippen LogP) is 0.843. The van der Waals surface area contributed by atoms with Crippen molar-refractivity contribution in [2.45, 2.75) is 18.2 Å². The molecule has 1 aliphatic carbocycles. The van der Waals surface area contributed by atoms with Crippen LogP contribution >= 0.6 is 0 Å². The first-order valence-corrected chi connectivity index (χ1v) is 4.47. The van der Waals surface area contributed by atoms with Gasteiger partial charge in [0.2, 0.25) is 0 Å². The van der Waals surface area contributed by atoms with Crippen LogP contribution < -0.4 is 0 Å². The Morgan fingerprint density at radius 3 is 2.29 bits per heavy atom. The van der Waals surface area contributed by atoms with Gasteiger partial charge in [0.15, 0.2) is 0 Å². The van der Waals surface area contributed by atoms with Crippen LogP contribution in [0.5, 0.6) is 0 Å². The molecule has 0 saturated carbocycles. The third-order valence-electron chi connectivity index (χ3n) is 2.53. The number of ether oxygens (including phenoxy) is 4. The standard InChI is InChI=1S/C10H14O4/c1-11-10(12-2,13-3)7-4-5-8-9(6-7)14-8/h4-6,8-9H,1-3H3/t8-,9+/m0/s1. The van der Waals surface area contributed by atoms with Crippen molar-refractivity contribution in [3.05, 3.63) is 23.8 Å². The molecule has 14 heavy (non-hydrogen) atoms. The van der Waals surface area contributed by atoms with E-state index in [4.69, 9.17) is 18.9 Å². The molecule has 0 aromatic carbocycles. The molecule has 1 heterocycles. The summed E-state index contributed by atoms with van der Waals surface area (Å²) >= 11 is 0. The molecule has 1 saturated heterocycles. The Labute approximate surface area is 83.1 Å². The fourth-order valence-corrected chi connectivity index (χ4v) is 1.66. The topological polar surface area (TPSA) is 40.2 Å². The fraction of sp³-hybridized carbons (Fsp3) is 0.600. The number of hydrogen-bond acceptors (Lipinski definition) is 4. The van der Waals surface area contributed by atoms with E-state index in [-0.39, 0.29) is 12.2 Å². The van der Waals surface area contributed by atoms with Gasteiger partial charge in [0.1, 0.15) is 12.2 Å². The second kappa shape index (κ2) is 3.47. The summed E-state index contributed by atoms with van der Waals surface area (Å²) in [6.07, 6.45) is 6.24. The number of hydrogen-bond donors (Lipinski definition) is 0. The van der Waals surface area contributed by atoms with Crippen molar-refractivity contribution in [2.75, 3.05) is 21.3 Å². The highest BCUT2D eigenvalue weighted by Gasteiger charge is 2.43. The minimum absolute atomic E-state index is 0.162. The molecular formula is C10H14O4. The van der Waals surface area contributed by atoms with Crippen molar-refractivity contribution in [3.63, 3.8) is 0 Å². The van der Waals surface area contributed by atoms with Crippen LogP contribution in [0.25, 0.3) is 0 Å². The van der Waals surface area contributed by atoms with E-state index in [1.807, 2.05) is 18.2 Å². The summed E-state index contributed by atoms with van der Waals surface area (Å²) < 4.78 is 21.0. The molecule has 0 radical (unpaired) electrons. The first-order chi connectivity index (χ1) is 6.75. The lowest BCUT2D eigenvalue weighted by molar-refractivity contribution is -0.324. The van der Waals surface area contributed by atoms with Gasteiger partial charge in [0, 0.05) is 26.9 Å². The zero-order valence-corrected chi connectivity index (χ0v) is 8.52. The van der Waals surface area contributed by atoms with Crippen LogP contribution in [-0.4, -0.2) is 39.5 Å². The Bertz CT molecular complexity index is 270. The number of rotatable bonds is 4. The van der Waals surface area contributed by atoms with Gasteiger partial charge in [0.05, 0.1) is 0 Å². The summed E-state index contributed by atoms with van der Waals surface area (Å²) in [6, 6.07) is 0. The minimum atomic E-state index is -1.10. The van der Waals surface area contributed by atoms with Gasteiger partial charge in [-0.15, -0.1) is 0 Å². The van der Waals surface area contributed by atoms with Crippen LogP contribution in [0.4, 0.5) is 0 Å². The molecule has 0 unspecified atom stereocenters. The van der Waals surface area contributed by atoms with Crippen molar-refractivity contribution in [1.29, 1.82) is 0 Å². The highest BCUT2D eigenvalue weighted by Crippen LogP contribution is 2.35. The quantitative estimate of drug-likeness (QED) is 0.496. The maximum Gasteiger partial charge on any atom is 0.310 e. The van der Waals surface area contributed by atoms with Gasteiger partial charge >= 0.3 is 5.97 Å². The van der Waals surface area contributed by atoms with Crippen molar-refractivity contribution in [3.8, 4) is 0 Å². The van der Waals surface area contributed by atoms with Crippen molar-refractivity contribution in [1.82, 2.24) is 0 Å². The molecule has 4 heteroatoms. The zero-order chi connectivity index (χ0) is 10.2. The molecule has 1 fully saturated rings. The molecule has 0 amide bonds. The first kappa shape index (κ1) is 9.86. The van der Waals surface area contributed by atoms with Crippen LogP contribution in [-0.2, 0) is 18.9 Å². The maximum atomic E-state index is 5.31. The van der Waals surface area contributed by atoms with Gasteiger partial charge < -0.3 is 18.9 Å². The average molecular weight is 198 g/mol. The molecule has 1 aliphatic heterocycles.